The van der Waals surface area contributed by atoms with Crippen molar-refractivity contribution in [3.63, 3.8) is 0 Å². The van der Waals surface area contributed by atoms with E-state index < -0.39 is 0 Å². The van der Waals surface area contributed by atoms with Crippen LogP contribution >= 0.6 is 0 Å². The Labute approximate surface area is 110 Å². The highest BCUT2D eigenvalue weighted by atomic mass is 16.3. The van der Waals surface area contributed by atoms with Crippen molar-refractivity contribution in [1.29, 1.82) is 0 Å². The van der Waals surface area contributed by atoms with Crippen molar-refractivity contribution in [3.8, 4) is 0 Å². The van der Waals surface area contributed by atoms with Gasteiger partial charge >= 0.3 is 0 Å². The molecular formula is C16H25NO. The molecule has 2 atom stereocenters. The summed E-state index contributed by atoms with van der Waals surface area (Å²) in [5.74, 6) is 0. The third-order valence-corrected chi connectivity index (χ3v) is 4.24. The van der Waals surface area contributed by atoms with Crippen molar-refractivity contribution in [1.82, 2.24) is 5.32 Å². The lowest BCUT2D eigenvalue weighted by Crippen LogP contribution is -2.46. The van der Waals surface area contributed by atoms with Gasteiger partial charge in [0.05, 0.1) is 6.61 Å². The molecule has 2 heteroatoms. The van der Waals surface area contributed by atoms with E-state index in [2.05, 4.69) is 43.4 Å². The highest BCUT2D eigenvalue weighted by molar-refractivity contribution is 5.16. The summed E-state index contributed by atoms with van der Waals surface area (Å²) in [6, 6.07) is 11.1. The minimum Gasteiger partial charge on any atom is -0.395 e. The molecule has 0 amide bonds. The van der Waals surface area contributed by atoms with Gasteiger partial charge in [-0.3, -0.25) is 0 Å². The molecule has 1 fully saturated rings. The molecule has 18 heavy (non-hydrogen) atoms. The van der Waals surface area contributed by atoms with Crippen molar-refractivity contribution in [2.75, 3.05) is 6.61 Å². The van der Waals surface area contributed by atoms with Crippen LogP contribution in [0.1, 0.15) is 38.7 Å². The number of hydrogen-bond donors (Lipinski definition) is 2. The Hall–Kier alpha value is -0.860. The molecule has 1 aromatic rings. The maximum Gasteiger partial charge on any atom is 0.0587 e. The minimum absolute atomic E-state index is 0.176. The van der Waals surface area contributed by atoms with Crippen molar-refractivity contribution in [2.45, 2.75) is 51.6 Å². The summed E-state index contributed by atoms with van der Waals surface area (Å²) in [7, 11) is 0. The molecule has 0 bridgehead atoms. The molecule has 0 saturated heterocycles. The molecule has 0 aromatic heterocycles. The quantitative estimate of drug-likeness (QED) is 0.838. The monoisotopic (exact) mass is 247 g/mol. The standard InChI is InChI=1S/C16H25NO/c1-16(2)10-6-9-15(16)17-14(12-18)11-13-7-4-3-5-8-13/h3-5,7-8,14-15,17-18H,6,9-12H2,1-2H3. The number of rotatable bonds is 5. The fourth-order valence-electron chi connectivity index (χ4n) is 3.00. The van der Waals surface area contributed by atoms with Crippen LogP contribution in [0.4, 0.5) is 0 Å². The van der Waals surface area contributed by atoms with E-state index in [9.17, 15) is 5.11 Å². The molecular weight excluding hydrogens is 222 g/mol. The lowest BCUT2D eigenvalue weighted by Gasteiger charge is -2.31. The fraction of sp³-hybridized carbons (Fsp3) is 0.625. The Kier molecular flexibility index (Phi) is 4.41. The summed E-state index contributed by atoms with van der Waals surface area (Å²) in [5, 5.41) is 13.2. The van der Waals surface area contributed by atoms with E-state index >= 15 is 0 Å². The summed E-state index contributed by atoms with van der Waals surface area (Å²) < 4.78 is 0. The maximum atomic E-state index is 9.56. The lowest BCUT2D eigenvalue weighted by atomic mass is 9.86. The highest BCUT2D eigenvalue weighted by Gasteiger charge is 2.35. The molecule has 2 N–H and O–H groups in total. The van der Waals surface area contributed by atoms with E-state index in [4.69, 9.17) is 0 Å². The third kappa shape index (κ3) is 3.33. The summed E-state index contributed by atoms with van der Waals surface area (Å²) in [6.45, 7) is 4.87. The maximum absolute atomic E-state index is 9.56. The second-order valence-corrected chi connectivity index (χ2v) is 6.17. The average molecular weight is 247 g/mol. The van der Waals surface area contributed by atoms with Gasteiger partial charge in [-0.25, -0.2) is 0 Å². The molecule has 1 aliphatic carbocycles. The predicted octanol–water partition coefficient (Wildman–Crippen LogP) is 2.76. The molecule has 2 rings (SSSR count). The first kappa shape index (κ1) is 13.6. The SMILES string of the molecule is CC1(C)CCCC1NC(CO)Cc1ccccc1. The molecule has 0 heterocycles. The van der Waals surface area contributed by atoms with Crippen molar-refractivity contribution >= 4 is 0 Å². The van der Waals surface area contributed by atoms with Crippen LogP contribution in [0.2, 0.25) is 0 Å². The van der Waals surface area contributed by atoms with Gasteiger partial charge in [0.1, 0.15) is 0 Å². The molecule has 1 aromatic carbocycles. The molecule has 0 spiro atoms. The van der Waals surface area contributed by atoms with E-state index in [1.807, 2.05) is 6.07 Å². The number of benzene rings is 1. The van der Waals surface area contributed by atoms with Crippen molar-refractivity contribution in [2.24, 2.45) is 5.41 Å². The Morgan fingerprint density at radius 1 is 1.33 bits per heavy atom. The minimum atomic E-state index is 0.176. The van der Waals surface area contributed by atoms with E-state index in [0.29, 0.717) is 11.5 Å². The predicted molar refractivity (Wildman–Crippen MR) is 75.6 cm³/mol. The molecule has 0 aliphatic heterocycles. The Balaban J connectivity index is 1.94. The molecule has 2 nitrogen and oxygen atoms in total. The van der Waals surface area contributed by atoms with E-state index in [0.717, 1.165) is 6.42 Å². The van der Waals surface area contributed by atoms with Gasteiger partial charge < -0.3 is 10.4 Å². The fourth-order valence-corrected chi connectivity index (χ4v) is 3.00. The number of hydrogen-bond acceptors (Lipinski definition) is 2. The normalized spacial score (nSPS) is 24.1. The Morgan fingerprint density at radius 2 is 2.06 bits per heavy atom. The first-order valence-electron chi connectivity index (χ1n) is 7.02. The van der Waals surface area contributed by atoms with Gasteiger partial charge in [0.25, 0.3) is 0 Å². The first-order valence-corrected chi connectivity index (χ1v) is 7.02. The molecule has 0 radical (unpaired) electrons. The van der Waals surface area contributed by atoms with Gasteiger partial charge in [-0.05, 0) is 30.2 Å². The average Bonchev–Trinajstić information content (AvgIpc) is 2.69. The van der Waals surface area contributed by atoms with Crippen LogP contribution < -0.4 is 5.32 Å². The van der Waals surface area contributed by atoms with Crippen LogP contribution in [0.5, 0.6) is 0 Å². The number of aliphatic hydroxyl groups is 1. The van der Waals surface area contributed by atoms with Gasteiger partial charge in [-0.1, -0.05) is 50.6 Å². The summed E-state index contributed by atoms with van der Waals surface area (Å²) in [6.07, 6.45) is 4.73. The van der Waals surface area contributed by atoms with Gasteiger partial charge in [-0.2, -0.15) is 0 Å². The van der Waals surface area contributed by atoms with E-state index in [1.165, 1.54) is 24.8 Å². The summed E-state index contributed by atoms with van der Waals surface area (Å²) >= 11 is 0. The zero-order valence-electron chi connectivity index (χ0n) is 11.5. The second kappa shape index (κ2) is 5.85. The van der Waals surface area contributed by atoms with Crippen LogP contribution in [0.15, 0.2) is 30.3 Å². The number of aliphatic hydroxyl groups excluding tert-OH is 1. The zero-order chi connectivity index (χ0) is 13.0. The van der Waals surface area contributed by atoms with E-state index in [-0.39, 0.29) is 12.6 Å². The Bertz CT molecular complexity index is 361. The summed E-state index contributed by atoms with van der Waals surface area (Å²) in [4.78, 5) is 0. The van der Waals surface area contributed by atoms with Gasteiger partial charge in [-0.15, -0.1) is 0 Å². The van der Waals surface area contributed by atoms with Crippen LogP contribution in [-0.2, 0) is 6.42 Å². The van der Waals surface area contributed by atoms with Crippen LogP contribution in [0.3, 0.4) is 0 Å². The molecule has 2 unspecified atom stereocenters. The molecule has 1 saturated carbocycles. The van der Waals surface area contributed by atoms with E-state index in [1.54, 1.807) is 0 Å². The zero-order valence-corrected chi connectivity index (χ0v) is 11.5. The third-order valence-electron chi connectivity index (χ3n) is 4.24. The summed E-state index contributed by atoms with van der Waals surface area (Å²) in [5.41, 5.74) is 1.66. The van der Waals surface area contributed by atoms with Gasteiger partial charge in [0, 0.05) is 12.1 Å². The molecule has 100 valence electrons. The van der Waals surface area contributed by atoms with Gasteiger partial charge in [0.2, 0.25) is 0 Å². The topological polar surface area (TPSA) is 32.3 Å². The largest absolute Gasteiger partial charge is 0.395 e. The smallest absolute Gasteiger partial charge is 0.0587 e. The highest BCUT2D eigenvalue weighted by Crippen LogP contribution is 2.37. The van der Waals surface area contributed by atoms with Gasteiger partial charge in [0.15, 0.2) is 0 Å². The lowest BCUT2D eigenvalue weighted by molar-refractivity contribution is 0.196. The second-order valence-electron chi connectivity index (χ2n) is 6.17. The van der Waals surface area contributed by atoms with Crippen LogP contribution in [0, 0.1) is 5.41 Å². The number of nitrogens with one attached hydrogen (secondary N) is 1. The Morgan fingerprint density at radius 3 is 2.61 bits per heavy atom. The first-order chi connectivity index (χ1) is 8.62. The molecule has 1 aliphatic rings. The van der Waals surface area contributed by atoms with Crippen molar-refractivity contribution < 1.29 is 5.11 Å². The van der Waals surface area contributed by atoms with Crippen LogP contribution in [-0.4, -0.2) is 23.8 Å². The van der Waals surface area contributed by atoms with Crippen molar-refractivity contribution in [3.05, 3.63) is 35.9 Å². The van der Waals surface area contributed by atoms with Crippen LogP contribution in [0.25, 0.3) is 0 Å².